The summed E-state index contributed by atoms with van der Waals surface area (Å²) in [5, 5.41) is 20.1. The number of nitrogens with zero attached hydrogens (tertiary/aromatic N) is 4. The minimum Gasteiger partial charge on any atom is -0.497 e. The van der Waals surface area contributed by atoms with Crippen LogP contribution in [0.15, 0.2) is 66.3 Å². The van der Waals surface area contributed by atoms with E-state index < -0.39 is 4.92 Å². The van der Waals surface area contributed by atoms with Gasteiger partial charge >= 0.3 is 0 Å². The summed E-state index contributed by atoms with van der Waals surface area (Å²) in [6.07, 6.45) is 1.46. The zero-order valence-corrected chi connectivity index (χ0v) is 17.5. The summed E-state index contributed by atoms with van der Waals surface area (Å²) in [4.78, 5) is 10.4. The third kappa shape index (κ3) is 5.18. The summed E-state index contributed by atoms with van der Waals surface area (Å²) in [6.45, 7) is 6.28. The molecule has 1 heterocycles. The van der Waals surface area contributed by atoms with Gasteiger partial charge in [-0.25, -0.2) is 0 Å². The lowest BCUT2D eigenvalue weighted by Crippen LogP contribution is -2.12. The highest BCUT2D eigenvalue weighted by atomic mass is 32.2. The number of rotatable bonds is 10. The van der Waals surface area contributed by atoms with Gasteiger partial charge in [0.05, 0.1) is 12.0 Å². The Bertz CT molecular complexity index is 1000. The number of nitro groups is 1. The number of aromatic nitrogens is 3. The first-order chi connectivity index (χ1) is 14.5. The molecule has 1 aromatic heterocycles. The van der Waals surface area contributed by atoms with E-state index in [-0.39, 0.29) is 11.8 Å². The molecule has 30 heavy (non-hydrogen) atoms. The molecular weight excluding hydrogens is 404 g/mol. The molecule has 0 radical (unpaired) electrons. The summed E-state index contributed by atoms with van der Waals surface area (Å²) < 4.78 is 13.1. The average Bonchev–Trinajstić information content (AvgIpc) is 3.16. The number of benzene rings is 2. The SMILES string of the molecule is C=CCn1c(SCc2ccc([N+](=O)[O-])cc2)nnc1C(C)Oc1ccc(OC)cc1. The number of nitro benzene ring substituents is 1. The Labute approximate surface area is 178 Å². The first-order valence-electron chi connectivity index (χ1n) is 9.22. The molecule has 0 saturated heterocycles. The topological polar surface area (TPSA) is 92.3 Å². The van der Waals surface area contributed by atoms with E-state index in [1.807, 2.05) is 35.8 Å². The van der Waals surface area contributed by atoms with Crippen LogP contribution in [0.5, 0.6) is 11.5 Å². The van der Waals surface area contributed by atoms with Gasteiger partial charge in [0.2, 0.25) is 0 Å². The quantitative estimate of drug-likeness (QED) is 0.199. The first kappa shape index (κ1) is 21.4. The minimum atomic E-state index is -0.409. The monoisotopic (exact) mass is 426 g/mol. The molecule has 0 aliphatic carbocycles. The van der Waals surface area contributed by atoms with Gasteiger partial charge < -0.3 is 9.47 Å². The van der Waals surface area contributed by atoms with Gasteiger partial charge in [-0.15, -0.1) is 16.8 Å². The number of methoxy groups -OCH3 is 1. The van der Waals surface area contributed by atoms with Crippen LogP contribution < -0.4 is 9.47 Å². The molecule has 9 heteroatoms. The predicted molar refractivity (Wildman–Crippen MR) is 115 cm³/mol. The van der Waals surface area contributed by atoms with Crippen molar-refractivity contribution in [2.75, 3.05) is 7.11 Å². The lowest BCUT2D eigenvalue weighted by atomic mass is 10.2. The van der Waals surface area contributed by atoms with Crippen molar-refractivity contribution in [3.05, 3.63) is 82.7 Å². The predicted octanol–water partition coefficient (Wildman–Crippen LogP) is 4.81. The molecule has 0 amide bonds. The maximum Gasteiger partial charge on any atom is 0.269 e. The van der Waals surface area contributed by atoms with Crippen molar-refractivity contribution in [1.82, 2.24) is 14.8 Å². The van der Waals surface area contributed by atoms with E-state index in [1.54, 1.807) is 25.3 Å². The number of allylic oxidation sites excluding steroid dienone is 1. The maximum absolute atomic E-state index is 10.8. The van der Waals surface area contributed by atoms with E-state index in [2.05, 4.69) is 16.8 Å². The number of hydrogen-bond donors (Lipinski definition) is 0. The molecule has 0 N–H and O–H groups in total. The van der Waals surface area contributed by atoms with E-state index in [4.69, 9.17) is 9.47 Å². The molecular formula is C21H22N4O4S. The van der Waals surface area contributed by atoms with Gasteiger partial charge in [0.15, 0.2) is 17.1 Å². The summed E-state index contributed by atoms with van der Waals surface area (Å²) in [6, 6.07) is 13.8. The van der Waals surface area contributed by atoms with Crippen LogP contribution in [-0.4, -0.2) is 26.8 Å². The molecule has 3 rings (SSSR count). The van der Waals surface area contributed by atoms with Gasteiger partial charge in [0, 0.05) is 24.4 Å². The smallest absolute Gasteiger partial charge is 0.269 e. The third-order valence-corrected chi connectivity index (χ3v) is 5.35. The first-order valence-corrected chi connectivity index (χ1v) is 10.2. The average molecular weight is 426 g/mol. The van der Waals surface area contributed by atoms with Crippen molar-refractivity contribution in [3.8, 4) is 11.5 Å². The van der Waals surface area contributed by atoms with Crippen molar-refractivity contribution < 1.29 is 14.4 Å². The highest BCUT2D eigenvalue weighted by molar-refractivity contribution is 7.98. The molecule has 0 fully saturated rings. The zero-order valence-electron chi connectivity index (χ0n) is 16.7. The van der Waals surface area contributed by atoms with Crippen molar-refractivity contribution >= 4 is 17.4 Å². The van der Waals surface area contributed by atoms with Crippen molar-refractivity contribution in [2.24, 2.45) is 0 Å². The molecule has 0 aliphatic heterocycles. The second-order valence-electron chi connectivity index (χ2n) is 6.39. The molecule has 156 valence electrons. The van der Waals surface area contributed by atoms with Gasteiger partial charge in [-0.05, 0) is 36.8 Å². The molecule has 1 unspecified atom stereocenters. The Morgan fingerprint density at radius 1 is 1.17 bits per heavy atom. The second kappa shape index (κ2) is 9.93. The maximum atomic E-state index is 10.8. The Kier molecular flexibility index (Phi) is 7.08. The van der Waals surface area contributed by atoms with Crippen molar-refractivity contribution in [1.29, 1.82) is 0 Å². The lowest BCUT2D eigenvalue weighted by Gasteiger charge is -2.16. The number of non-ortho nitro benzene ring substituents is 1. The molecule has 3 aromatic rings. The van der Waals surface area contributed by atoms with E-state index in [9.17, 15) is 10.1 Å². The Hall–Kier alpha value is -3.33. The molecule has 2 aromatic carbocycles. The van der Waals surface area contributed by atoms with Crippen molar-refractivity contribution in [3.63, 3.8) is 0 Å². The normalized spacial score (nSPS) is 11.7. The van der Waals surface area contributed by atoms with Gasteiger partial charge in [0.25, 0.3) is 5.69 Å². The van der Waals surface area contributed by atoms with Crippen molar-refractivity contribution in [2.45, 2.75) is 30.5 Å². The largest absolute Gasteiger partial charge is 0.497 e. The zero-order chi connectivity index (χ0) is 21.5. The third-order valence-electron chi connectivity index (χ3n) is 4.31. The fourth-order valence-corrected chi connectivity index (χ4v) is 3.69. The fraction of sp³-hybridized carbons (Fsp3) is 0.238. The van der Waals surface area contributed by atoms with E-state index >= 15 is 0 Å². The Balaban J connectivity index is 1.71. The highest BCUT2D eigenvalue weighted by Crippen LogP contribution is 2.28. The molecule has 1 atom stereocenters. The van der Waals surface area contributed by atoms with Crippen LogP contribution in [0.3, 0.4) is 0 Å². The second-order valence-corrected chi connectivity index (χ2v) is 7.33. The van der Waals surface area contributed by atoms with Crippen LogP contribution in [0.4, 0.5) is 5.69 Å². The van der Waals surface area contributed by atoms with Gasteiger partial charge in [-0.3, -0.25) is 14.7 Å². The Morgan fingerprint density at radius 2 is 1.83 bits per heavy atom. The lowest BCUT2D eigenvalue weighted by molar-refractivity contribution is -0.384. The van der Waals surface area contributed by atoms with Gasteiger partial charge in [-0.1, -0.05) is 30.0 Å². The standard InChI is InChI=1S/C21H22N4O4S/c1-4-13-24-20(15(2)29-19-11-9-18(28-3)10-12-19)22-23-21(24)30-14-16-5-7-17(8-6-16)25(26)27/h4-12,15H,1,13-14H2,2-3H3. The number of hydrogen-bond acceptors (Lipinski definition) is 7. The van der Waals surface area contributed by atoms with Crippen LogP contribution >= 0.6 is 11.8 Å². The molecule has 0 spiro atoms. The minimum absolute atomic E-state index is 0.0744. The van der Waals surface area contributed by atoms with E-state index in [1.165, 1.54) is 23.9 Å². The van der Waals surface area contributed by atoms with Crippen LogP contribution in [0.1, 0.15) is 24.4 Å². The number of thioether (sulfide) groups is 1. The summed E-state index contributed by atoms with van der Waals surface area (Å²) in [5.41, 5.74) is 1.04. The summed E-state index contributed by atoms with van der Waals surface area (Å²) >= 11 is 1.50. The molecule has 0 bridgehead atoms. The van der Waals surface area contributed by atoms with Gasteiger partial charge in [0.1, 0.15) is 11.5 Å². The van der Waals surface area contributed by atoms with Crippen LogP contribution in [0.25, 0.3) is 0 Å². The van der Waals surface area contributed by atoms with Gasteiger partial charge in [-0.2, -0.15) is 0 Å². The molecule has 8 nitrogen and oxygen atoms in total. The van der Waals surface area contributed by atoms with Crippen LogP contribution in [0.2, 0.25) is 0 Å². The Morgan fingerprint density at radius 3 is 2.43 bits per heavy atom. The van der Waals surface area contributed by atoms with E-state index in [0.717, 1.165) is 16.5 Å². The molecule has 0 aliphatic rings. The number of ether oxygens (including phenoxy) is 2. The fourth-order valence-electron chi connectivity index (χ4n) is 2.78. The van der Waals surface area contributed by atoms with Crippen LogP contribution in [-0.2, 0) is 12.3 Å². The summed E-state index contributed by atoms with van der Waals surface area (Å²) in [5.74, 6) is 2.77. The summed E-state index contributed by atoms with van der Waals surface area (Å²) in [7, 11) is 1.62. The highest BCUT2D eigenvalue weighted by Gasteiger charge is 2.19. The van der Waals surface area contributed by atoms with Crippen LogP contribution in [0, 0.1) is 10.1 Å². The molecule has 0 saturated carbocycles. The van der Waals surface area contributed by atoms with E-state index in [0.29, 0.717) is 23.9 Å².